The Kier molecular flexibility index (Phi) is 4.50. The van der Waals surface area contributed by atoms with Crippen molar-refractivity contribution in [2.45, 2.75) is 39.2 Å². The number of aliphatic hydroxyl groups excluding tert-OH is 1. The molecule has 0 amide bonds. The number of hydrogen-bond acceptors (Lipinski definition) is 2. The third kappa shape index (κ3) is 3.48. The minimum absolute atomic E-state index is 0.0811. The Morgan fingerprint density at radius 1 is 1.47 bits per heavy atom. The summed E-state index contributed by atoms with van der Waals surface area (Å²) in [6, 6.07) is 7.46. The molecule has 1 aromatic rings. The molecule has 1 N–H and O–H groups in total. The Balaban J connectivity index is 2.67. The fourth-order valence-corrected chi connectivity index (χ4v) is 1.51. The molecule has 82 valence electrons. The first-order valence-corrected chi connectivity index (χ1v) is 5.42. The van der Waals surface area contributed by atoms with Crippen LogP contribution in [0.5, 0.6) is 0 Å². The molecule has 0 bridgehead atoms. The van der Waals surface area contributed by atoms with E-state index in [4.69, 9.17) is 0 Å². The van der Waals surface area contributed by atoms with Crippen molar-refractivity contribution in [1.82, 2.24) is 0 Å². The van der Waals surface area contributed by atoms with Gasteiger partial charge in [-0.1, -0.05) is 43.2 Å². The van der Waals surface area contributed by atoms with Gasteiger partial charge in [0.25, 0.3) is 0 Å². The number of hydrogen-bond donors (Lipinski definition) is 1. The third-order valence-electron chi connectivity index (χ3n) is 2.44. The van der Waals surface area contributed by atoms with Gasteiger partial charge in [0.15, 0.2) is 5.78 Å². The number of benzene rings is 1. The van der Waals surface area contributed by atoms with E-state index in [1.807, 2.05) is 32.0 Å². The molecule has 0 aliphatic rings. The van der Waals surface area contributed by atoms with Crippen molar-refractivity contribution < 1.29 is 9.90 Å². The fourth-order valence-electron chi connectivity index (χ4n) is 1.51. The van der Waals surface area contributed by atoms with E-state index in [-0.39, 0.29) is 5.78 Å². The number of ketones is 1. The summed E-state index contributed by atoms with van der Waals surface area (Å²) in [6.07, 6.45) is 1.34. The minimum Gasteiger partial charge on any atom is -0.381 e. The first-order valence-electron chi connectivity index (χ1n) is 5.42. The van der Waals surface area contributed by atoms with Crippen LogP contribution in [0, 0.1) is 6.92 Å². The highest BCUT2D eigenvalue weighted by Gasteiger charge is 2.16. The van der Waals surface area contributed by atoms with Crippen LogP contribution in [0.1, 0.15) is 43.4 Å². The van der Waals surface area contributed by atoms with Crippen LogP contribution < -0.4 is 0 Å². The summed E-state index contributed by atoms with van der Waals surface area (Å²) in [6.45, 7) is 3.99. The highest BCUT2D eigenvalue weighted by Crippen LogP contribution is 2.17. The highest BCUT2D eigenvalue weighted by atomic mass is 16.3. The van der Waals surface area contributed by atoms with E-state index in [0.717, 1.165) is 18.4 Å². The number of rotatable bonds is 5. The van der Waals surface area contributed by atoms with Crippen molar-refractivity contribution in [3.63, 3.8) is 0 Å². The van der Waals surface area contributed by atoms with E-state index in [1.54, 1.807) is 6.07 Å². The Morgan fingerprint density at radius 2 is 2.20 bits per heavy atom. The molecular weight excluding hydrogens is 188 g/mol. The van der Waals surface area contributed by atoms with E-state index in [0.29, 0.717) is 12.0 Å². The molecule has 1 aromatic carbocycles. The Morgan fingerprint density at radius 3 is 2.80 bits per heavy atom. The van der Waals surface area contributed by atoms with Gasteiger partial charge in [-0.25, -0.2) is 0 Å². The molecule has 0 aliphatic heterocycles. The lowest BCUT2D eigenvalue weighted by Crippen LogP contribution is -2.11. The summed E-state index contributed by atoms with van der Waals surface area (Å²) >= 11 is 0. The molecule has 0 radical (unpaired) electrons. The van der Waals surface area contributed by atoms with E-state index < -0.39 is 6.10 Å². The third-order valence-corrected chi connectivity index (χ3v) is 2.44. The van der Waals surface area contributed by atoms with Crippen LogP contribution in [-0.4, -0.2) is 10.9 Å². The Bertz CT molecular complexity index is 331. The lowest BCUT2D eigenvalue weighted by Gasteiger charge is -2.10. The van der Waals surface area contributed by atoms with Gasteiger partial charge in [-0.15, -0.1) is 0 Å². The van der Waals surface area contributed by atoms with Gasteiger partial charge in [0.2, 0.25) is 0 Å². The molecule has 0 fully saturated rings. The number of aryl methyl sites for hydroxylation is 1. The van der Waals surface area contributed by atoms with E-state index in [9.17, 15) is 9.90 Å². The molecule has 15 heavy (non-hydrogen) atoms. The molecule has 1 atom stereocenters. The second kappa shape index (κ2) is 5.66. The lowest BCUT2D eigenvalue weighted by molar-refractivity contribution is -0.127. The quantitative estimate of drug-likeness (QED) is 0.804. The highest BCUT2D eigenvalue weighted by molar-refractivity contribution is 5.84. The predicted molar refractivity (Wildman–Crippen MR) is 60.7 cm³/mol. The number of carbonyl (C=O) groups is 1. The van der Waals surface area contributed by atoms with Crippen molar-refractivity contribution in [3.8, 4) is 0 Å². The molecule has 0 saturated heterocycles. The largest absolute Gasteiger partial charge is 0.381 e. The van der Waals surface area contributed by atoms with Crippen molar-refractivity contribution in [2.24, 2.45) is 0 Å². The van der Waals surface area contributed by atoms with Crippen LogP contribution in [0.2, 0.25) is 0 Å². The van der Waals surface area contributed by atoms with Crippen LogP contribution >= 0.6 is 0 Å². The SMILES string of the molecule is CCCCC(=O)C(O)c1cccc(C)c1. The molecule has 1 unspecified atom stereocenters. The monoisotopic (exact) mass is 206 g/mol. The molecular formula is C13H18O2. The number of aliphatic hydroxyl groups is 1. The van der Waals surface area contributed by atoms with Crippen molar-refractivity contribution in [1.29, 1.82) is 0 Å². The number of carbonyl (C=O) groups excluding carboxylic acids is 1. The van der Waals surface area contributed by atoms with Crippen LogP contribution in [0.4, 0.5) is 0 Å². The first-order chi connectivity index (χ1) is 7.15. The average Bonchev–Trinajstić information content (AvgIpc) is 2.24. The van der Waals surface area contributed by atoms with Gasteiger partial charge in [-0.3, -0.25) is 4.79 Å². The van der Waals surface area contributed by atoms with Crippen LogP contribution in [0.3, 0.4) is 0 Å². The van der Waals surface area contributed by atoms with E-state index in [1.165, 1.54) is 0 Å². The van der Waals surface area contributed by atoms with Gasteiger partial charge in [-0.05, 0) is 18.9 Å². The maximum absolute atomic E-state index is 11.6. The van der Waals surface area contributed by atoms with Crippen LogP contribution in [0.25, 0.3) is 0 Å². The van der Waals surface area contributed by atoms with Gasteiger partial charge in [0.1, 0.15) is 6.10 Å². The molecule has 2 nitrogen and oxygen atoms in total. The average molecular weight is 206 g/mol. The lowest BCUT2D eigenvalue weighted by atomic mass is 10.0. The van der Waals surface area contributed by atoms with Gasteiger partial charge in [0.05, 0.1) is 0 Å². The fraction of sp³-hybridized carbons (Fsp3) is 0.462. The molecule has 0 heterocycles. The van der Waals surface area contributed by atoms with Crippen molar-refractivity contribution in [2.75, 3.05) is 0 Å². The summed E-state index contributed by atoms with van der Waals surface area (Å²) in [5.74, 6) is -0.0811. The van der Waals surface area contributed by atoms with E-state index in [2.05, 4.69) is 0 Å². The summed E-state index contributed by atoms with van der Waals surface area (Å²) < 4.78 is 0. The molecule has 0 aliphatic carbocycles. The minimum atomic E-state index is -0.948. The zero-order chi connectivity index (χ0) is 11.3. The van der Waals surface area contributed by atoms with Gasteiger partial charge in [-0.2, -0.15) is 0 Å². The van der Waals surface area contributed by atoms with Gasteiger partial charge in [0, 0.05) is 6.42 Å². The number of unbranched alkanes of at least 4 members (excludes halogenated alkanes) is 1. The zero-order valence-corrected chi connectivity index (χ0v) is 9.36. The maximum atomic E-state index is 11.6. The molecule has 2 heteroatoms. The van der Waals surface area contributed by atoms with E-state index >= 15 is 0 Å². The summed E-state index contributed by atoms with van der Waals surface area (Å²) in [5.41, 5.74) is 1.77. The predicted octanol–water partition coefficient (Wildman–Crippen LogP) is 2.79. The maximum Gasteiger partial charge on any atom is 0.165 e. The van der Waals surface area contributed by atoms with Gasteiger partial charge >= 0.3 is 0 Å². The smallest absolute Gasteiger partial charge is 0.165 e. The summed E-state index contributed by atoms with van der Waals surface area (Å²) in [4.78, 5) is 11.6. The Hall–Kier alpha value is -1.15. The van der Waals surface area contributed by atoms with Crippen molar-refractivity contribution in [3.05, 3.63) is 35.4 Å². The topological polar surface area (TPSA) is 37.3 Å². The van der Waals surface area contributed by atoms with Crippen molar-refractivity contribution >= 4 is 5.78 Å². The molecule has 0 saturated carbocycles. The molecule has 0 aromatic heterocycles. The van der Waals surface area contributed by atoms with Crippen LogP contribution in [0.15, 0.2) is 24.3 Å². The zero-order valence-electron chi connectivity index (χ0n) is 9.36. The first kappa shape index (κ1) is 11.9. The molecule has 0 spiro atoms. The second-order valence-corrected chi connectivity index (χ2v) is 3.89. The second-order valence-electron chi connectivity index (χ2n) is 3.89. The summed E-state index contributed by atoms with van der Waals surface area (Å²) in [5, 5.41) is 9.79. The van der Waals surface area contributed by atoms with Gasteiger partial charge < -0.3 is 5.11 Å². The molecule has 1 rings (SSSR count). The Labute approximate surface area is 90.9 Å². The summed E-state index contributed by atoms with van der Waals surface area (Å²) in [7, 11) is 0. The standard InChI is InChI=1S/C13H18O2/c1-3-4-8-12(14)13(15)11-7-5-6-10(2)9-11/h5-7,9,13,15H,3-4,8H2,1-2H3. The normalized spacial score (nSPS) is 12.5. The van der Waals surface area contributed by atoms with Crippen LogP contribution in [-0.2, 0) is 4.79 Å². The number of Topliss-reactive ketones (excluding diaryl/α,β-unsaturated/α-hetero) is 1.